The van der Waals surface area contributed by atoms with Crippen LogP contribution in [0.2, 0.25) is 0 Å². The molecule has 0 aromatic carbocycles. The quantitative estimate of drug-likeness (QED) is 0.732. The second kappa shape index (κ2) is 9.69. The minimum absolute atomic E-state index is 0.266. The van der Waals surface area contributed by atoms with Gasteiger partial charge >= 0.3 is 5.97 Å². The molecule has 0 N–H and O–H groups in total. The van der Waals surface area contributed by atoms with E-state index in [-0.39, 0.29) is 11.9 Å². The Hall–Kier alpha value is -2.15. The average molecular weight is 374 g/mol. The highest BCUT2D eigenvalue weighted by Gasteiger charge is 2.23. The van der Waals surface area contributed by atoms with Gasteiger partial charge < -0.3 is 14.5 Å². The lowest BCUT2D eigenvalue weighted by atomic mass is 10.2. The molecule has 1 amide bonds. The van der Waals surface area contributed by atoms with E-state index in [2.05, 4.69) is 14.8 Å². The molecule has 2 aliphatic heterocycles. The largest absolute Gasteiger partial charge is 0.462 e. The van der Waals surface area contributed by atoms with E-state index in [0.29, 0.717) is 18.7 Å². The normalized spacial score (nSPS) is 18.9. The molecule has 2 aliphatic rings. The van der Waals surface area contributed by atoms with Crippen LogP contribution in [0.4, 0.5) is 5.82 Å². The molecule has 0 spiro atoms. The SMILES string of the molecule is CCOC(=O)c1ccc(N2CCN(CC(=O)N3CCCCCC3)CC2)nc1. The highest BCUT2D eigenvalue weighted by atomic mass is 16.5. The molecule has 0 bridgehead atoms. The van der Waals surface area contributed by atoms with Gasteiger partial charge in [-0.1, -0.05) is 12.8 Å². The number of amides is 1. The minimum atomic E-state index is -0.339. The molecular weight excluding hydrogens is 344 g/mol. The van der Waals surface area contributed by atoms with Crippen LogP contribution in [-0.2, 0) is 9.53 Å². The molecular formula is C20H30N4O3. The van der Waals surface area contributed by atoms with Gasteiger partial charge in [-0.15, -0.1) is 0 Å². The molecule has 0 aliphatic carbocycles. The van der Waals surface area contributed by atoms with Crippen molar-refractivity contribution in [1.82, 2.24) is 14.8 Å². The Labute approximate surface area is 161 Å². The summed E-state index contributed by atoms with van der Waals surface area (Å²) in [5.41, 5.74) is 0.474. The van der Waals surface area contributed by atoms with Gasteiger partial charge in [0.2, 0.25) is 5.91 Å². The number of esters is 1. The lowest BCUT2D eigenvalue weighted by Crippen LogP contribution is -2.50. The van der Waals surface area contributed by atoms with Crippen LogP contribution in [0.5, 0.6) is 0 Å². The highest BCUT2D eigenvalue weighted by Crippen LogP contribution is 2.15. The van der Waals surface area contributed by atoms with E-state index in [1.807, 2.05) is 11.0 Å². The predicted molar refractivity (Wildman–Crippen MR) is 104 cm³/mol. The zero-order valence-electron chi connectivity index (χ0n) is 16.2. The number of nitrogens with zero attached hydrogens (tertiary/aromatic N) is 4. The second-order valence-electron chi connectivity index (χ2n) is 7.18. The van der Waals surface area contributed by atoms with Gasteiger partial charge in [0.1, 0.15) is 5.82 Å². The fraction of sp³-hybridized carbons (Fsp3) is 0.650. The molecule has 27 heavy (non-hydrogen) atoms. The fourth-order valence-corrected chi connectivity index (χ4v) is 3.65. The molecule has 0 radical (unpaired) electrons. The third-order valence-corrected chi connectivity index (χ3v) is 5.27. The molecule has 148 valence electrons. The standard InChI is InChI=1S/C20H30N4O3/c1-2-27-20(26)17-7-8-18(21-15-17)23-13-11-22(12-14-23)16-19(25)24-9-5-3-4-6-10-24/h7-8,15H,2-6,9-14,16H2,1H3. The Morgan fingerprint density at radius 3 is 2.30 bits per heavy atom. The van der Waals surface area contributed by atoms with Crippen LogP contribution in [0.1, 0.15) is 43.0 Å². The second-order valence-corrected chi connectivity index (χ2v) is 7.18. The Kier molecular flexibility index (Phi) is 7.04. The fourth-order valence-electron chi connectivity index (χ4n) is 3.65. The minimum Gasteiger partial charge on any atom is -0.462 e. The van der Waals surface area contributed by atoms with Crippen molar-refractivity contribution < 1.29 is 14.3 Å². The molecule has 3 heterocycles. The summed E-state index contributed by atoms with van der Waals surface area (Å²) in [6, 6.07) is 3.62. The zero-order valence-corrected chi connectivity index (χ0v) is 16.2. The van der Waals surface area contributed by atoms with Crippen LogP contribution in [0, 0.1) is 0 Å². The zero-order chi connectivity index (χ0) is 19.1. The molecule has 0 atom stereocenters. The van der Waals surface area contributed by atoms with Crippen LogP contribution >= 0.6 is 0 Å². The first-order chi connectivity index (χ1) is 13.2. The maximum Gasteiger partial charge on any atom is 0.339 e. The Morgan fingerprint density at radius 2 is 1.70 bits per heavy atom. The van der Waals surface area contributed by atoms with Crippen LogP contribution in [0.25, 0.3) is 0 Å². The number of anilines is 1. The van der Waals surface area contributed by atoms with Gasteiger partial charge in [0.15, 0.2) is 0 Å². The monoisotopic (exact) mass is 374 g/mol. The first kappa shape index (κ1) is 19.6. The van der Waals surface area contributed by atoms with E-state index in [1.54, 1.807) is 19.2 Å². The smallest absolute Gasteiger partial charge is 0.339 e. The summed E-state index contributed by atoms with van der Waals surface area (Å²) in [5, 5.41) is 0. The number of aromatic nitrogens is 1. The van der Waals surface area contributed by atoms with Crippen molar-refractivity contribution in [3.8, 4) is 0 Å². The Balaban J connectivity index is 1.47. The number of likely N-dealkylation sites (tertiary alicyclic amines) is 1. The van der Waals surface area contributed by atoms with Gasteiger partial charge in [-0.25, -0.2) is 9.78 Å². The molecule has 1 aromatic heterocycles. The third kappa shape index (κ3) is 5.42. The van der Waals surface area contributed by atoms with Crippen molar-refractivity contribution in [1.29, 1.82) is 0 Å². The number of carbonyl (C=O) groups excluding carboxylic acids is 2. The Morgan fingerprint density at radius 1 is 1.00 bits per heavy atom. The summed E-state index contributed by atoms with van der Waals surface area (Å²) >= 11 is 0. The number of hydrogen-bond donors (Lipinski definition) is 0. The Bertz CT molecular complexity index is 619. The number of rotatable bonds is 5. The summed E-state index contributed by atoms with van der Waals surface area (Å²) in [6.07, 6.45) is 6.32. The number of carbonyl (C=O) groups is 2. The summed E-state index contributed by atoms with van der Waals surface area (Å²) in [7, 11) is 0. The summed E-state index contributed by atoms with van der Waals surface area (Å²) < 4.78 is 4.99. The van der Waals surface area contributed by atoms with Crippen LogP contribution in [-0.4, -0.2) is 79.1 Å². The predicted octanol–water partition coefficient (Wildman–Crippen LogP) is 1.78. The van der Waals surface area contributed by atoms with E-state index >= 15 is 0 Å². The lowest BCUT2D eigenvalue weighted by Gasteiger charge is -2.36. The van der Waals surface area contributed by atoms with Gasteiger partial charge in [0.25, 0.3) is 0 Å². The molecule has 0 saturated carbocycles. The van der Waals surface area contributed by atoms with E-state index in [9.17, 15) is 9.59 Å². The van der Waals surface area contributed by atoms with Gasteiger partial charge in [-0.2, -0.15) is 0 Å². The van der Waals surface area contributed by atoms with Crippen LogP contribution in [0.15, 0.2) is 18.3 Å². The van der Waals surface area contributed by atoms with Gasteiger partial charge in [0.05, 0.1) is 18.7 Å². The molecule has 3 rings (SSSR count). The summed E-state index contributed by atoms with van der Waals surface area (Å²) in [4.78, 5) is 35.1. The maximum atomic E-state index is 12.5. The first-order valence-corrected chi connectivity index (χ1v) is 10.1. The third-order valence-electron chi connectivity index (χ3n) is 5.27. The van der Waals surface area contributed by atoms with Crippen molar-refractivity contribution in [2.24, 2.45) is 0 Å². The van der Waals surface area contributed by atoms with Crippen molar-refractivity contribution >= 4 is 17.7 Å². The molecule has 1 aromatic rings. The van der Waals surface area contributed by atoms with Gasteiger partial charge in [-0.05, 0) is 31.9 Å². The van der Waals surface area contributed by atoms with Crippen molar-refractivity contribution in [3.63, 3.8) is 0 Å². The number of pyridine rings is 1. The van der Waals surface area contributed by atoms with E-state index < -0.39 is 0 Å². The maximum absolute atomic E-state index is 12.5. The first-order valence-electron chi connectivity index (χ1n) is 10.1. The number of hydrogen-bond acceptors (Lipinski definition) is 6. The van der Waals surface area contributed by atoms with E-state index in [0.717, 1.165) is 57.9 Å². The summed E-state index contributed by atoms with van der Waals surface area (Å²) in [5.74, 6) is 0.789. The van der Waals surface area contributed by atoms with Gasteiger partial charge in [-0.3, -0.25) is 9.69 Å². The van der Waals surface area contributed by atoms with Crippen LogP contribution < -0.4 is 4.90 Å². The number of piperazine rings is 1. The lowest BCUT2D eigenvalue weighted by molar-refractivity contribution is -0.132. The van der Waals surface area contributed by atoms with Crippen molar-refractivity contribution in [3.05, 3.63) is 23.9 Å². The van der Waals surface area contributed by atoms with Gasteiger partial charge in [0, 0.05) is 45.5 Å². The van der Waals surface area contributed by atoms with Crippen molar-refractivity contribution in [2.45, 2.75) is 32.6 Å². The van der Waals surface area contributed by atoms with E-state index in [4.69, 9.17) is 4.74 Å². The molecule has 2 fully saturated rings. The molecule has 7 heteroatoms. The molecule has 2 saturated heterocycles. The van der Waals surface area contributed by atoms with Crippen molar-refractivity contribution in [2.75, 3.05) is 57.3 Å². The average Bonchev–Trinajstić information content (AvgIpc) is 2.98. The topological polar surface area (TPSA) is 66.0 Å². The highest BCUT2D eigenvalue weighted by molar-refractivity contribution is 5.89. The van der Waals surface area contributed by atoms with E-state index in [1.165, 1.54) is 12.8 Å². The number of ether oxygens (including phenoxy) is 1. The summed E-state index contributed by atoms with van der Waals surface area (Å²) in [6.45, 7) is 7.85. The van der Waals surface area contributed by atoms with Crippen LogP contribution in [0.3, 0.4) is 0 Å². The molecule has 7 nitrogen and oxygen atoms in total. The molecule has 0 unspecified atom stereocenters.